The number of phenols is 1. The van der Waals surface area contributed by atoms with Crippen LogP contribution >= 0.6 is 0 Å². The zero-order chi connectivity index (χ0) is 15.0. The summed E-state index contributed by atoms with van der Waals surface area (Å²) in [5, 5.41) is 18.4. The summed E-state index contributed by atoms with van der Waals surface area (Å²) >= 11 is 0. The summed E-state index contributed by atoms with van der Waals surface area (Å²) < 4.78 is 0. The summed E-state index contributed by atoms with van der Waals surface area (Å²) in [6.07, 6.45) is 5.42. The molecule has 3 rings (SSSR count). The molecule has 2 aliphatic heterocycles. The van der Waals surface area contributed by atoms with Crippen molar-refractivity contribution >= 4 is 18.0 Å². The molecule has 2 N–H and O–H groups in total. The molecule has 21 heavy (non-hydrogen) atoms. The number of phenolic OH excluding ortho intramolecular Hbond substituents is 1. The Hall–Kier alpha value is -2.30. The molecule has 2 heterocycles. The number of nitrogens with zero attached hydrogens (tertiary/aromatic N) is 1. The lowest BCUT2D eigenvalue weighted by molar-refractivity contribution is -0.143. The molecule has 2 aliphatic rings. The van der Waals surface area contributed by atoms with Crippen molar-refractivity contribution in [1.82, 2.24) is 4.90 Å². The second-order valence-corrected chi connectivity index (χ2v) is 5.65. The van der Waals surface area contributed by atoms with Crippen LogP contribution in [0.1, 0.15) is 24.8 Å². The number of benzene rings is 1. The zero-order valence-corrected chi connectivity index (χ0v) is 11.5. The number of aromatic hydroxyl groups is 1. The Labute approximate surface area is 122 Å². The summed E-state index contributed by atoms with van der Waals surface area (Å²) in [6.45, 7) is 0. The van der Waals surface area contributed by atoms with Crippen molar-refractivity contribution in [2.45, 2.75) is 31.3 Å². The first-order chi connectivity index (χ1) is 10.1. The zero-order valence-electron chi connectivity index (χ0n) is 11.5. The topological polar surface area (TPSA) is 77.8 Å². The molecule has 0 saturated carbocycles. The number of carboxylic acids is 1. The maximum Gasteiger partial charge on any atom is 0.308 e. The highest BCUT2D eigenvalue weighted by molar-refractivity contribution is 5.93. The quantitative estimate of drug-likeness (QED) is 0.832. The van der Waals surface area contributed by atoms with E-state index in [9.17, 15) is 19.8 Å². The molecule has 2 bridgehead atoms. The predicted molar refractivity (Wildman–Crippen MR) is 76.5 cm³/mol. The number of carbonyl (C=O) groups is 2. The van der Waals surface area contributed by atoms with Gasteiger partial charge in [-0.05, 0) is 43.0 Å². The van der Waals surface area contributed by atoms with Gasteiger partial charge in [-0.15, -0.1) is 0 Å². The molecule has 1 aromatic rings. The summed E-state index contributed by atoms with van der Waals surface area (Å²) in [7, 11) is 0. The van der Waals surface area contributed by atoms with Crippen LogP contribution in [0.4, 0.5) is 0 Å². The third-order valence-electron chi connectivity index (χ3n) is 4.42. The van der Waals surface area contributed by atoms with Gasteiger partial charge in [0.15, 0.2) is 0 Å². The molecule has 0 radical (unpaired) electrons. The number of fused-ring (bicyclic) bond motifs is 2. The van der Waals surface area contributed by atoms with Gasteiger partial charge in [0.2, 0.25) is 5.91 Å². The third kappa shape index (κ3) is 2.51. The fourth-order valence-corrected chi connectivity index (χ4v) is 3.44. The lowest BCUT2D eigenvalue weighted by atomic mass is 9.89. The van der Waals surface area contributed by atoms with Crippen LogP contribution in [0, 0.1) is 5.92 Å². The summed E-state index contributed by atoms with van der Waals surface area (Å²) in [5.41, 5.74) is 0.822. The van der Waals surface area contributed by atoms with Crippen molar-refractivity contribution < 1.29 is 19.8 Å². The Morgan fingerprint density at radius 2 is 1.90 bits per heavy atom. The van der Waals surface area contributed by atoms with Gasteiger partial charge < -0.3 is 15.1 Å². The van der Waals surface area contributed by atoms with Crippen LogP contribution in [-0.2, 0) is 9.59 Å². The summed E-state index contributed by atoms with van der Waals surface area (Å²) in [6, 6.07) is 6.46. The first-order valence-corrected chi connectivity index (χ1v) is 7.08. The van der Waals surface area contributed by atoms with E-state index in [1.54, 1.807) is 35.2 Å². The normalized spacial score (nSPS) is 27.4. The number of amides is 1. The van der Waals surface area contributed by atoms with Gasteiger partial charge in [0.25, 0.3) is 0 Å². The van der Waals surface area contributed by atoms with Gasteiger partial charge in [-0.1, -0.05) is 12.1 Å². The Morgan fingerprint density at radius 3 is 2.52 bits per heavy atom. The van der Waals surface area contributed by atoms with E-state index in [0.29, 0.717) is 6.42 Å². The van der Waals surface area contributed by atoms with Crippen LogP contribution in [-0.4, -0.2) is 39.1 Å². The lowest BCUT2D eigenvalue weighted by Crippen LogP contribution is -2.36. The molecule has 3 atom stereocenters. The maximum absolute atomic E-state index is 12.3. The number of aliphatic carboxylic acids is 1. The van der Waals surface area contributed by atoms with Gasteiger partial charge >= 0.3 is 5.97 Å². The second kappa shape index (κ2) is 5.24. The predicted octanol–water partition coefficient (Wildman–Crippen LogP) is 1.87. The molecule has 0 aliphatic carbocycles. The highest BCUT2D eigenvalue weighted by Crippen LogP contribution is 2.41. The van der Waals surface area contributed by atoms with Gasteiger partial charge in [0.05, 0.1) is 5.92 Å². The maximum atomic E-state index is 12.3. The van der Waals surface area contributed by atoms with Gasteiger partial charge in [-0.25, -0.2) is 0 Å². The van der Waals surface area contributed by atoms with Crippen LogP contribution < -0.4 is 0 Å². The second-order valence-electron chi connectivity index (χ2n) is 5.65. The van der Waals surface area contributed by atoms with E-state index in [1.165, 1.54) is 6.08 Å². The van der Waals surface area contributed by atoms with Crippen LogP contribution in [0.2, 0.25) is 0 Å². The van der Waals surface area contributed by atoms with Crippen LogP contribution in [0.3, 0.4) is 0 Å². The fraction of sp³-hybridized carbons (Fsp3) is 0.375. The minimum atomic E-state index is -0.803. The Bertz CT molecular complexity index is 593. The van der Waals surface area contributed by atoms with Crippen molar-refractivity contribution in [3.8, 4) is 5.75 Å². The van der Waals surface area contributed by atoms with Crippen molar-refractivity contribution in [3.05, 3.63) is 35.9 Å². The number of hydrogen-bond donors (Lipinski definition) is 2. The molecule has 5 heteroatoms. The molecule has 5 nitrogen and oxygen atoms in total. The first-order valence-electron chi connectivity index (χ1n) is 7.08. The largest absolute Gasteiger partial charge is 0.508 e. The van der Waals surface area contributed by atoms with E-state index in [2.05, 4.69) is 0 Å². The number of hydrogen-bond acceptors (Lipinski definition) is 3. The SMILES string of the molecule is O=C(O)C1CC2CCC1N2C(=O)C=Cc1ccc(O)cc1. The van der Waals surface area contributed by atoms with Gasteiger partial charge in [0.1, 0.15) is 5.75 Å². The summed E-state index contributed by atoms with van der Waals surface area (Å²) in [4.78, 5) is 25.2. The van der Waals surface area contributed by atoms with E-state index in [-0.39, 0.29) is 23.7 Å². The monoisotopic (exact) mass is 287 g/mol. The van der Waals surface area contributed by atoms with E-state index in [4.69, 9.17) is 0 Å². The van der Waals surface area contributed by atoms with Crippen molar-refractivity contribution in [3.63, 3.8) is 0 Å². The van der Waals surface area contributed by atoms with Gasteiger partial charge in [0, 0.05) is 18.2 Å². The van der Waals surface area contributed by atoms with Crippen molar-refractivity contribution in [2.24, 2.45) is 5.92 Å². The molecule has 2 saturated heterocycles. The van der Waals surface area contributed by atoms with Gasteiger partial charge in [-0.3, -0.25) is 9.59 Å². The number of rotatable bonds is 3. The highest BCUT2D eigenvalue weighted by Gasteiger charge is 2.50. The Balaban J connectivity index is 1.71. The number of carboxylic acid groups (broad SMARTS) is 1. The smallest absolute Gasteiger partial charge is 0.308 e. The van der Waals surface area contributed by atoms with E-state index in [0.717, 1.165) is 18.4 Å². The molecular weight excluding hydrogens is 270 g/mol. The van der Waals surface area contributed by atoms with E-state index < -0.39 is 11.9 Å². The van der Waals surface area contributed by atoms with E-state index >= 15 is 0 Å². The Kier molecular flexibility index (Phi) is 3.41. The van der Waals surface area contributed by atoms with Gasteiger partial charge in [-0.2, -0.15) is 0 Å². The number of carbonyl (C=O) groups excluding carboxylic acids is 1. The molecule has 3 unspecified atom stereocenters. The molecule has 0 aromatic heterocycles. The van der Waals surface area contributed by atoms with Crippen LogP contribution in [0.15, 0.2) is 30.3 Å². The molecule has 2 fully saturated rings. The minimum Gasteiger partial charge on any atom is -0.508 e. The van der Waals surface area contributed by atoms with Crippen molar-refractivity contribution in [2.75, 3.05) is 0 Å². The van der Waals surface area contributed by atoms with Crippen molar-refractivity contribution in [1.29, 1.82) is 0 Å². The highest BCUT2D eigenvalue weighted by atomic mass is 16.4. The average Bonchev–Trinajstić information content (AvgIpc) is 3.04. The average molecular weight is 287 g/mol. The molecule has 0 spiro atoms. The molecular formula is C16H17NO4. The fourth-order valence-electron chi connectivity index (χ4n) is 3.44. The standard InChI is InChI=1S/C16H17NO4/c18-12-5-1-10(2-6-12)3-8-15(19)17-11-4-7-14(17)13(9-11)16(20)21/h1-3,5-6,8,11,13-14,18H,4,7,9H2,(H,20,21). The van der Waals surface area contributed by atoms with E-state index in [1.807, 2.05) is 0 Å². The van der Waals surface area contributed by atoms with Crippen LogP contribution in [0.5, 0.6) is 5.75 Å². The summed E-state index contributed by atoms with van der Waals surface area (Å²) in [5.74, 6) is -1.17. The third-order valence-corrected chi connectivity index (χ3v) is 4.42. The Morgan fingerprint density at radius 1 is 1.19 bits per heavy atom. The molecule has 1 aromatic carbocycles. The van der Waals surface area contributed by atoms with Crippen LogP contribution in [0.25, 0.3) is 6.08 Å². The minimum absolute atomic E-state index is 0.0630. The molecule has 1 amide bonds. The lowest BCUT2D eigenvalue weighted by Gasteiger charge is -2.21. The molecule has 110 valence electrons. The first kappa shape index (κ1) is 13.7.